The molecular formula is C11H15NO2. The lowest BCUT2D eigenvalue weighted by atomic mass is 9.90. The van der Waals surface area contributed by atoms with E-state index in [9.17, 15) is 5.11 Å². The highest BCUT2D eigenvalue weighted by Crippen LogP contribution is 2.41. The van der Waals surface area contributed by atoms with Crippen molar-refractivity contribution < 1.29 is 9.84 Å². The molecule has 0 saturated carbocycles. The Morgan fingerprint density at radius 2 is 2.36 bits per heavy atom. The van der Waals surface area contributed by atoms with Crippen molar-refractivity contribution in [1.29, 1.82) is 0 Å². The number of phenolic OH excluding ortho intramolecular Hbond substituents is 1. The molecule has 0 radical (unpaired) electrons. The van der Waals surface area contributed by atoms with Crippen LogP contribution in [0.25, 0.3) is 0 Å². The first kappa shape index (κ1) is 9.34. The number of hydrogen-bond donors (Lipinski definition) is 2. The molecule has 0 aromatic heterocycles. The molecule has 1 aliphatic heterocycles. The zero-order chi connectivity index (χ0) is 10.1. The van der Waals surface area contributed by atoms with Gasteiger partial charge in [0, 0.05) is 11.5 Å². The van der Waals surface area contributed by atoms with Crippen LogP contribution in [0.4, 0.5) is 0 Å². The second-order valence-corrected chi connectivity index (χ2v) is 3.79. The van der Waals surface area contributed by atoms with Gasteiger partial charge in [-0.25, -0.2) is 0 Å². The maximum atomic E-state index is 9.62. The summed E-state index contributed by atoms with van der Waals surface area (Å²) in [6.45, 7) is 2.60. The van der Waals surface area contributed by atoms with Crippen molar-refractivity contribution in [3.8, 4) is 11.5 Å². The third-order valence-corrected chi connectivity index (χ3v) is 2.68. The van der Waals surface area contributed by atoms with Gasteiger partial charge in [0.1, 0.15) is 0 Å². The van der Waals surface area contributed by atoms with Gasteiger partial charge in [-0.3, -0.25) is 0 Å². The zero-order valence-corrected chi connectivity index (χ0v) is 8.23. The van der Waals surface area contributed by atoms with Crippen molar-refractivity contribution in [3.05, 3.63) is 23.8 Å². The molecule has 2 rings (SSSR count). The molecule has 0 spiro atoms. The molecule has 1 aromatic carbocycles. The Labute approximate surface area is 83.5 Å². The van der Waals surface area contributed by atoms with Gasteiger partial charge in [-0.05, 0) is 26.0 Å². The number of aromatic hydroxyl groups is 1. The largest absolute Gasteiger partial charge is 0.504 e. The Hall–Kier alpha value is -1.22. The summed E-state index contributed by atoms with van der Waals surface area (Å²) in [7, 11) is 0. The second-order valence-electron chi connectivity index (χ2n) is 3.79. The van der Waals surface area contributed by atoms with E-state index in [1.807, 2.05) is 19.1 Å². The van der Waals surface area contributed by atoms with Gasteiger partial charge in [-0.15, -0.1) is 0 Å². The molecule has 3 heteroatoms. The van der Waals surface area contributed by atoms with Crippen LogP contribution >= 0.6 is 0 Å². The molecule has 1 heterocycles. The molecule has 3 nitrogen and oxygen atoms in total. The number of phenols is 1. The number of benzene rings is 1. The molecule has 76 valence electrons. The summed E-state index contributed by atoms with van der Waals surface area (Å²) in [5, 5.41) is 9.62. The maximum Gasteiger partial charge on any atom is 0.164 e. The molecule has 3 N–H and O–H groups in total. The smallest absolute Gasteiger partial charge is 0.164 e. The van der Waals surface area contributed by atoms with E-state index in [0.717, 1.165) is 12.0 Å². The van der Waals surface area contributed by atoms with Crippen molar-refractivity contribution in [1.82, 2.24) is 0 Å². The third-order valence-electron chi connectivity index (χ3n) is 2.68. The van der Waals surface area contributed by atoms with Crippen molar-refractivity contribution in [2.45, 2.75) is 25.4 Å². The third kappa shape index (κ3) is 1.44. The van der Waals surface area contributed by atoms with Crippen molar-refractivity contribution >= 4 is 0 Å². The molecule has 1 aliphatic rings. The van der Waals surface area contributed by atoms with E-state index in [1.54, 1.807) is 6.07 Å². The summed E-state index contributed by atoms with van der Waals surface area (Å²) in [4.78, 5) is 0. The van der Waals surface area contributed by atoms with Crippen LogP contribution in [0.1, 0.15) is 24.8 Å². The molecule has 0 amide bonds. The number of rotatable bonds is 1. The molecule has 0 aliphatic carbocycles. The van der Waals surface area contributed by atoms with E-state index >= 15 is 0 Å². The van der Waals surface area contributed by atoms with E-state index in [-0.39, 0.29) is 11.9 Å². The first-order valence-electron chi connectivity index (χ1n) is 4.91. The van der Waals surface area contributed by atoms with Crippen molar-refractivity contribution in [2.24, 2.45) is 5.73 Å². The van der Waals surface area contributed by atoms with E-state index in [1.165, 1.54) is 0 Å². The molecule has 2 unspecified atom stereocenters. The first-order chi connectivity index (χ1) is 6.72. The number of ether oxygens (including phenoxy) is 1. The molecule has 1 aromatic rings. The fraction of sp³-hybridized carbons (Fsp3) is 0.455. The van der Waals surface area contributed by atoms with Crippen LogP contribution < -0.4 is 10.5 Å². The fourth-order valence-corrected chi connectivity index (χ4v) is 1.99. The van der Waals surface area contributed by atoms with Crippen LogP contribution in [-0.2, 0) is 0 Å². The van der Waals surface area contributed by atoms with Crippen molar-refractivity contribution in [3.63, 3.8) is 0 Å². The quantitative estimate of drug-likeness (QED) is 0.712. The van der Waals surface area contributed by atoms with Gasteiger partial charge in [0.15, 0.2) is 11.5 Å². The van der Waals surface area contributed by atoms with Gasteiger partial charge < -0.3 is 15.6 Å². The number of para-hydroxylation sites is 1. The molecule has 0 saturated heterocycles. The Bertz CT molecular complexity index is 338. The second kappa shape index (κ2) is 3.50. The van der Waals surface area contributed by atoms with E-state index in [0.29, 0.717) is 18.2 Å². The predicted molar refractivity (Wildman–Crippen MR) is 54.6 cm³/mol. The SMILES string of the molecule is CC1CC(CN)c2cccc(O)c2O1. The van der Waals surface area contributed by atoms with Gasteiger partial charge >= 0.3 is 0 Å². The lowest BCUT2D eigenvalue weighted by molar-refractivity contribution is 0.170. The Morgan fingerprint density at radius 1 is 1.57 bits per heavy atom. The summed E-state index contributed by atoms with van der Waals surface area (Å²) in [6.07, 6.45) is 1.05. The molecule has 2 atom stereocenters. The number of fused-ring (bicyclic) bond motifs is 1. The average Bonchev–Trinajstić information content (AvgIpc) is 2.18. The predicted octanol–water partition coefficient (Wildman–Crippen LogP) is 1.61. The topological polar surface area (TPSA) is 55.5 Å². The Balaban J connectivity index is 2.45. The van der Waals surface area contributed by atoms with Crippen LogP contribution in [0, 0.1) is 0 Å². The summed E-state index contributed by atoms with van der Waals surface area (Å²) in [5.41, 5.74) is 6.73. The lowest BCUT2D eigenvalue weighted by Gasteiger charge is -2.29. The normalized spacial score (nSPS) is 25.3. The van der Waals surface area contributed by atoms with E-state index in [2.05, 4.69) is 0 Å². The highest BCUT2D eigenvalue weighted by atomic mass is 16.5. The number of hydrogen-bond acceptors (Lipinski definition) is 3. The highest BCUT2D eigenvalue weighted by Gasteiger charge is 2.26. The van der Waals surface area contributed by atoms with Crippen LogP contribution in [0.2, 0.25) is 0 Å². The zero-order valence-electron chi connectivity index (χ0n) is 8.23. The van der Waals surface area contributed by atoms with Crippen LogP contribution in [0.15, 0.2) is 18.2 Å². The monoisotopic (exact) mass is 193 g/mol. The van der Waals surface area contributed by atoms with Crippen LogP contribution in [-0.4, -0.2) is 17.8 Å². The molecular weight excluding hydrogens is 178 g/mol. The van der Waals surface area contributed by atoms with E-state index < -0.39 is 0 Å². The van der Waals surface area contributed by atoms with Gasteiger partial charge in [-0.2, -0.15) is 0 Å². The van der Waals surface area contributed by atoms with Crippen LogP contribution in [0.5, 0.6) is 11.5 Å². The minimum Gasteiger partial charge on any atom is -0.504 e. The molecule has 0 fully saturated rings. The summed E-state index contributed by atoms with van der Waals surface area (Å²) in [5.74, 6) is 1.13. The summed E-state index contributed by atoms with van der Waals surface area (Å²) in [6, 6.07) is 5.44. The van der Waals surface area contributed by atoms with Gasteiger partial charge in [0.05, 0.1) is 6.10 Å². The fourth-order valence-electron chi connectivity index (χ4n) is 1.99. The van der Waals surface area contributed by atoms with Gasteiger partial charge in [-0.1, -0.05) is 12.1 Å². The van der Waals surface area contributed by atoms with Crippen molar-refractivity contribution in [2.75, 3.05) is 6.54 Å². The highest BCUT2D eigenvalue weighted by molar-refractivity contribution is 5.48. The first-order valence-corrected chi connectivity index (χ1v) is 4.91. The van der Waals surface area contributed by atoms with Crippen LogP contribution in [0.3, 0.4) is 0 Å². The lowest BCUT2D eigenvalue weighted by Crippen LogP contribution is -2.26. The average molecular weight is 193 g/mol. The molecule has 0 bridgehead atoms. The minimum absolute atomic E-state index is 0.129. The van der Waals surface area contributed by atoms with Gasteiger partial charge in [0.2, 0.25) is 0 Å². The standard InChI is InChI=1S/C11H15NO2/c1-7-5-8(6-12)9-3-2-4-10(13)11(9)14-7/h2-4,7-8,13H,5-6,12H2,1H3. The summed E-state index contributed by atoms with van der Waals surface area (Å²) >= 11 is 0. The minimum atomic E-state index is 0.129. The van der Waals surface area contributed by atoms with Gasteiger partial charge in [0.25, 0.3) is 0 Å². The Morgan fingerprint density at radius 3 is 3.07 bits per heavy atom. The number of nitrogens with two attached hydrogens (primary N) is 1. The maximum absolute atomic E-state index is 9.62. The Kier molecular flexibility index (Phi) is 2.33. The summed E-state index contributed by atoms with van der Waals surface area (Å²) < 4.78 is 5.59. The molecule has 14 heavy (non-hydrogen) atoms. The van der Waals surface area contributed by atoms with E-state index in [4.69, 9.17) is 10.5 Å².